The number of hydrogen-bond acceptors (Lipinski definition) is 4. The zero-order valence-corrected chi connectivity index (χ0v) is 14.8. The molecule has 0 aromatic rings. The van der Waals surface area contributed by atoms with Crippen molar-refractivity contribution >= 4 is 12.1 Å². The van der Waals surface area contributed by atoms with Crippen LogP contribution in [0.15, 0.2) is 0 Å². The molecule has 0 bridgehead atoms. The van der Waals surface area contributed by atoms with Crippen LogP contribution in [0.25, 0.3) is 0 Å². The van der Waals surface area contributed by atoms with Crippen molar-refractivity contribution in [3.05, 3.63) is 0 Å². The van der Waals surface area contributed by atoms with E-state index in [0.29, 0.717) is 13.0 Å². The van der Waals surface area contributed by atoms with Gasteiger partial charge in [0.2, 0.25) is 0 Å². The van der Waals surface area contributed by atoms with Gasteiger partial charge in [0.15, 0.2) is 0 Å². The smallest absolute Gasteiger partial charge is 0.410 e. The number of carboxylic acid groups (broad SMARTS) is 1. The van der Waals surface area contributed by atoms with Gasteiger partial charge in [0.25, 0.3) is 5.92 Å². The van der Waals surface area contributed by atoms with Gasteiger partial charge >= 0.3 is 12.1 Å². The summed E-state index contributed by atoms with van der Waals surface area (Å²) in [5.74, 6) is -4.12. The highest BCUT2D eigenvalue weighted by molar-refractivity contribution is 5.74. The van der Waals surface area contributed by atoms with E-state index in [4.69, 9.17) is 4.74 Å². The second-order valence-corrected chi connectivity index (χ2v) is 8.33. The summed E-state index contributed by atoms with van der Waals surface area (Å²) in [7, 11) is 0. The van der Waals surface area contributed by atoms with Gasteiger partial charge < -0.3 is 9.84 Å². The first-order chi connectivity index (χ1) is 10.7. The van der Waals surface area contributed by atoms with Gasteiger partial charge in [-0.2, -0.15) is 0 Å². The average molecular weight is 348 g/mol. The monoisotopic (exact) mass is 348 g/mol. The topological polar surface area (TPSA) is 70.1 Å². The van der Waals surface area contributed by atoms with Crippen LogP contribution in [0.3, 0.4) is 0 Å². The van der Waals surface area contributed by atoms with E-state index in [1.54, 1.807) is 20.8 Å². The van der Waals surface area contributed by atoms with Crippen LogP contribution in [-0.2, 0) is 9.53 Å². The summed E-state index contributed by atoms with van der Waals surface area (Å²) in [6.45, 7) is 7.75. The van der Waals surface area contributed by atoms with Crippen molar-refractivity contribution in [2.75, 3.05) is 19.6 Å². The molecule has 2 fully saturated rings. The summed E-state index contributed by atoms with van der Waals surface area (Å²) in [5.41, 5.74) is -1.89. The minimum absolute atomic E-state index is 0.0151. The van der Waals surface area contributed by atoms with Crippen LogP contribution in [0.4, 0.5) is 13.6 Å². The molecule has 2 rings (SSSR count). The summed E-state index contributed by atoms with van der Waals surface area (Å²) in [5, 5.41) is 9.24. The van der Waals surface area contributed by atoms with Crippen molar-refractivity contribution in [3.8, 4) is 0 Å². The van der Waals surface area contributed by atoms with E-state index < -0.39 is 47.6 Å². The van der Waals surface area contributed by atoms with E-state index in [-0.39, 0.29) is 6.54 Å². The Hall–Kier alpha value is -1.44. The molecule has 1 N–H and O–H groups in total. The van der Waals surface area contributed by atoms with E-state index >= 15 is 0 Å². The molecule has 1 amide bonds. The first-order valence-corrected chi connectivity index (χ1v) is 8.09. The Kier molecular flexibility index (Phi) is 4.58. The third kappa shape index (κ3) is 3.63. The molecule has 0 aromatic heterocycles. The number of nitrogens with zero attached hydrogens (tertiary/aromatic N) is 2. The first-order valence-electron chi connectivity index (χ1n) is 8.09. The molecule has 138 valence electrons. The van der Waals surface area contributed by atoms with Gasteiger partial charge in [-0.25, -0.2) is 13.6 Å². The van der Waals surface area contributed by atoms with E-state index in [0.717, 1.165) is 4.90 Å². The molecule has 2 aliphatic heterocycles. The van der Waals surface area contributed by atoms with Crippen molar-refractivity contribution in [2.24, 2.45) is 5.41 Å². The minimum atomic E-state index is -3.09. The molecule has 2 saturated heterocycles. The lowest BCUT2D eigenvalue weighted by molar-refractivity contribution is -0.149. The maximum absolute atomic E-state index is 14.5. The largest absolute Gasteiger partial charge is 0.481 e. The predicted octanol–water partition coefficient (Wildman–Crippen LogP) is 2.43. The number of halogens is 2. The third-order valence-electron chi connectivity index (χ3n) is 4.49. The molecule has 0 aliphatic carbocycles. The predicted molar refractivity (Wildman–Crippen MR) is 83.1 cm³/mol. The van der Waals surface area contributed by atoms with Gasteiger partial charge in [0, 0.05) is 13.1 Å². The molecule has 2 unspecified atom stereocenters. The average Bonchev–Trinajstić information content (AvgIpc) is 2.87. The highest BCUT2D eigenvalue weighted by Gasteiger charge is 2.61. The normalized spacial score (nSPS) is 27.2. The Morgan fingerprint density at radius 2 is 1.83 bits per heavy atom. The van der Waals surface area contributed by atoms with Gasteiger partial charge in [-0.05, 0) is 41.0 Å². The van der Waals surface area contributed by atoms with Crippen LogP contribution >= 0.6 is 0 Å². The van der Waals surface area contributed by atoms with Crippen molar-refractivity contribution in [2.45, 2.75) is 64.6 Å². The summed E-state index contributed by atoms with van der Waals surface area (Å²) < 4.78 is 34.3. The van der Waals surface area contributed by atoms with Crippen molar-refractivity contribution in [1.29, 1.82) is 0 Å². The van der Waals surface area contributed by atoms with Gasteiger partial charge in [-0.3, -0.25) is 14.6 Å². The standard InChI is InChI=1S/C16H26F2N2O4/c1-14(2,3)24-13(23)20-9-16(17,18)11-10(20)6-7-19(11)8-15(4,5)12(21)22/h10-11H,6-9H2,1-5H3,(H,21,22). The van der Waals surface area contributed by atoms with Crippen molar-refractivity contribution < 1.29 is 28.2 Å². The lowest BCUT2D eigenvalue weighted by Crippen LogP contribution is -2.49. The Bertz CT molecular complexity index is 531. The van der Waals surface area contributed by atoms with Crippen LogP contribution < -0.4 is 0 Å². The van der Waals surface area contributed by atoms with Crippen molar-refractivity contribution in [3.63, 3.8) is 0 Å². The van der Waals surface area contributed by atoms with Crippen LogP contribution in [0.5, 0.6) is 0 Å². The van der Waals surface area contributed by atoms with Crippen LogP contribution in [0.1, 0.15) is 41.0 Å². The molecule has 8 heteroatoms. The summed E-state index contributed by atoms with van der Waals surface area (Å²) >= 11 is 0. The number of fused-ring (bicyclic) bond motifs is 1. The number of alkyl halides is 2. The fourth-order valence-corrected chi connectivity index (χ4v) is 3.42. The van der Waals surface area contributed by atoms with Gasteiger partial charge in [-0.1, -0.05) is 0 Å². The Labute approximate surface area is 140 Å². The van der Waals surface area contributed by atoms with Crippen molar-refractivity contribution in [1.82, 2.24) is 9.80 Å². The van der Waals surface area contributed by atoms with Crippen LogP contribution in [0.2, 0.25) is 0 Å². The number of aliphatic carboxylic acids is 1. The SMILES string of the molecule is CC(C)(C)OC(=O)N1CC(F)(F)C2C1CCN2CC(C)(C)C(=O)O. The summed E-state index contributed by atoms with van der Waals surface area (Å²) in [6.07, 6.45) is -0.358. The highest BCUT2D eigenvalue weighted by Crippen LogP contribution is 2.43. The molecular weight excluding hydrogens is 322 g/mol. The second-order valence-electron chi connectivity index (χ2n) is 8.33. The number of likely N-dealkylation sites (tertiary alicyclic amines) is 2. The van der Waals surface area contributed by atoms with Crippen LogP contribution in [0, 0.1) is 5.41 Å². The first kappa shape index (κ1) is 18.9. The lowest BCUT2D eigenvalue weighted by Gasteiger charge is -2.32. The quantitative estimate of drug-likeness (QED) is 0.848. The number of carbonyl (C=O) groups is 2. The third-order valence-corrected chi connectivity index (χ3v) is 4.49. The zero-order chi connectivity index (χ0) is 18.5. The molecule has 24 heavy (non-hydrogen) atoms. The molecule has 6 nitrogen and oxygen atoms in total. The summed E-state index contributed by atoms with van der Waals surface area (Å²) in [6, 6.07) is -1.82. The number of carboxylic acids is 1. The maximum atomic E-state index is 14.5. The number of amides is 1. The van der Waals surface area contributed by atoms with E-state index in [1.807, 2.05) is 0 Å². The molecule has 2 heterocycles. The lowest BCUT2D eigenvalue weighted by atomic mass is 9.92. The maximum Gasteiger partial charge on any atom is 0.410 e. The van der Waals surface area contributed by atoms with Gasteiger partial charge in [-0.15, -0.1) is 0 Å². The van der Waals surface area contributed by atoms with E-state index in [9.17, 15) is 23.5 Å². The number of rotatable bonds is 3. The number of carbonyl (C=O) groups excluding carboxylic acids is 1. The number of ether oxygens (including phenoxy) is 1. The van der Waals surface area contributed by atoms with Crippen LogP contribution in [-0.4, -0.2) is 70.2 Å². The summed E-state index contributed by atoms with van der Waals surface area (Å²) in [4.78, 5) is 26.1. The Morgan fingerprint density at radius 3 is 2.33 bits per heavy atom. The Balaban J connectivity index is 2.17. The highest BCUT2D eigenvalue weighted by atomic mass is 19.3. The fourth-order valence-electron chi connectivity index (χ4n) is 3.42. The van der Waals surface area contributed by atoms with Gasteiger partial charge in [0.1, 0.15) is 5.60 Å². The van der Waals surface area contributed by atoms with E-state index in [2.05, 4.69) is 0 Å². The molecule has 0 aromatic carbocycles. The van der Waals surface area contributed by atoms with Gasteiger partial charge in [0.05, 0.1) is 24.0 Å². The Morgan fingerprint density at radius 1 is 1.25 bits per heavy atom. The molecule has 0 radical (unpaired) electrons. The zero-order valence-electron chi connectivity index (χ0n) is 14.8. The second kappa shape index (κ2) is 5.82. The number of hydrogen-bond donors (Lipinski definition) is 1. The minimum Gasteiger partial charge on any atom is -0.481 e. The van der Waals surface area contributed by atoms with E-state index in [1.165, 1.54) is 18.7 Å². The molecular formula is C16H26F2N2O4. The molecule has 2 atom stereocenters. The fraction of sp³-hybridized carbons (Fsp3) is 0.875. The molecule has 0 saturated carbocycles. The molecule has 0 spiro atoms. The molecule has 2 aliphatic rings.